The number of carbonyl (C=O) groups is 3. The van der Waals surface area contributed by atoms with Gasteiger partial charge in [0.15, 0.2) is 6.04 Å². The minimum atomic E-state index is -1.51. The third-order valence-electron chi connectivity index (χ3n) is 4.33. The number of imide groups is 1. The van der Waals surface area contributed by atoms with E-state index < -0.39 is 34.9 Å². The van der Waals surface area contributed by atoms with Crippen LogP contribution in [0.1, 0.15) is 33.2 Å². The van der Waals surface area contributed by atoms with Crippen LogP contribution in [0.25, 0.3) is 0 Å². The minimum Gasteiger partial charge on any atom is -0.459 e. The van der Waals surface area contributed by atoms with E-state index >= 15 is 0 Å². The summed E-state index contributed by atoms with van der Waals surface area (Å²) in [4.78, 5) is 48.5. The summed E-state index contributed by atoms with van der Waals surface area (Å²) in [5, 5.41) is 20.7. The molecule has 1 N–H and O–H groups in total. The van der Waals surface area contributed by atoms with Gasteiger partial charge in [-0.1, -0.05) is 12.1 Å². The van der Waals surface area contributed by atoms with Crippen molar-refractivity contribution in [1.29, 1.82) is 0 Å². The average Bonchev–Trinajstić information content (AvgIpc) is 2.92. The summed E-state index contributed by atoms with van der Waals surface area (Å²) < 4.78 is 5.14. The van der Waals surface area contributed by atoms with E-state index in [-0.39, 0.29) is 23.4 Å². The Hall–Kier alpha value is -3.59. The Morgan fingerprint density at radius 1 is 1.11 bits per heavy atom. The van der Waals surface area contributed by atoms with E-state index in [9.17, 15) is 29.6 Å². The van der Waals surface area contributed by atoms with Gasteiger partial charge in [-0.2, -0.15) is 0 Å². The average molecular weight is 384 g/mol. The van der Waals surface area contributed by atoms with Crippen molar-refractivity contribution in [2.75, 3.05) is 0 Å². The monoisotopic (exact) mass is 384 g/mol. The zero-order chi connectivity index (χ0) is 20.4. The number of aliphatic hydroxyl groups excluding tert-OH is 1. The molecule has 0 aromatic heterocycles. The molecule has 0 saturated carbocycles. The molecular formula is C19H16N2O7. The van der Waals surface area contributed by atoms with Crippen molar-refractivity contribution in [3.63, 3.8) is 0 Å². The van der Waals surface area contributed by atoms with Crippen LogP contribution < -0.4 is 0 Å². The number of nitro groups is 1. The molecule has 2 aromatic carbocycles. The summed E-state index contributed by atoms with van der Waals surface area (Å²) in [6.07, 6.45) is -1.36. The number of fused-ring (bicyclic) bond motifs is 1. The molecule has 1 aliphatic heterocycles. The van der Waals surface area contributed by atoms with Crippen LogP contribution in [-0.4, -0.2) is 44.9 Å². The number of aliphatic hydroxyl groups is 1. The van der Waals surface area contributed by atoms with E-state index in [0.717, 1.165) is 0 Å². The molecular weight excluding hydrogens is 368 g/mol. The van der Waals surface area contributed by atoms with Gasteiger partial charge in [0.05, 0.1) is 22.2 Å². The number of carbonyl (C=O) groups excluding carboxylic acids is 3. The number of rotatable bonds is 6. The maximum absolute atomic E-state index is 12.6. The highest BCUT2D eigenvalue weighted by Crippen LogP contribution is 2.26. The second-order valence-corrected chi connectivity index (χ2v) is 6.24. The second kappa shape index (κ2) is 7.57. The number of nitro benzene ring substituents is 1. The molecule has 144 valence electrons. The Balaban J connectivity index is 1.76. The maximum Gasteiger partial charge on any atom is 0.332 e. The molecule has 9 nitrogen and oxygen atoms in total. The maximum atomic E-state index is 12.6. The van der Waals surface area contributed by atoms with Crippen LogP contribution in [0, 0.1) is 10.1 Å². The van der Waals surface area contributed by atoms with Crippen LogP contribution in [0.15, 0.2) is 48.5 Å². The molecule has 2 aromatic rings. The Labute approximate surface area is 159 Å². The summed E-state index contributed by atoms with van der Waals surface area (Å²) in [5.74, 6) is -2.32. The fourth-order valence-electron chi connectivity index (χ4n) is 2.93. The summed E-state index contributed by atoms with van der Waals surface area (Å²) >= 11 is 0. The van der Waals surface area contributed by atoms with Crippen LogP contribution in [-0.2, 0) is 16.1 Å². The predicted molar refractivity (Wildman–Crippen MR) is 95.3 cm³/mol. The Morgan fingerprint density at radius 3 is 2.11 bits per heavy atom. The number of ether oxygens (including phenoxy) is 1. The van der Waals surface area contributed by atoms with Crippen molar-refractivity contribution >= 4 is 23.5 Å². The van der Waals surface area contributed by atoms with Crippen molar-refractivity contribution in [2.45, 2.75) is 25.7 Å². The lowest BCUT2D eigenvalue weighted by atomic mass is 10.1. The molecule has 0 radical (unpaired) electrons. The SMILES string of the molecule is C[C@@H](O)[C@@H](C(=O)OCc1ccc([N+](=O)[O-])cc1)N1C(=O)c2ccccc2C1=O. The van der Waals surface area contributed by atoms with Crippen molar-refractivity contribution in [3.05, 3.63) is 75.3 Å². The fraction of sp³-hybridized carbons (Fsp3) is 0.211. The van der Waals surface area contributed by atoms with E-state index in [2.05, 4.69) is 0 Å². The Morgan fingerprint density at radius 2 is 1.64 bits per heavy atom. The number of amides is 2. The highest BCUT2D eigenvalue weighted by atomic mass is 16.6. The molecule has 2 atom stereocenters. The quantitative estimate of drug-likeness (QED) is 0.347. The fourth-order valence-corrected chi connectivity index (χ4v) is 2.93. The number of benzene rings is 2. The van der Waals surface area contributed by atoms with E-state index in [1.165, 1.54) is 43.3 Å². The van der Waals surface area contributed by atoms with Gasteiger partial charge in [0.1, 0.15) is 6.61 Å². The first kappa shape index (κ1) is 19.2. The number of non-ortho nitro benzene ring substituents is 1. The number of hydrogen-bond donors (Lipinski definition) is 1. The van der Waals surface area contributed by atoms with Crippen LogP contribution in [0.5, 0.6) is 0 Å². The van der Waals surface area contributed by atoms with Crippen molar-refractivity contribution in [3.8, 4) is 0 Å². The summed E-state index contributed by atoms with van der Waals surface area (Å²) in [7, 11) is 0. The molecule has 0 aliphatic carbocycles. The molecule has 1 heterocycles. The molecule has 9 heteroatoms. The zero-order valence-electron chi connectivity index (χ0n) is 14.8. The number of esters is 1. The highest BCUT2D eigenvalue weighted by Gasteiger charge is 2.45. The largest absolute Gasteiger partial charge is 0.459 e. The molecule has 3 rings (SSSR count). The van der Waals surface area contributed by atoms with Gasteiger partial charge in [0, 0.05) is 12.1 Å². The first-order valence-corrected chi connectivity index (χ1v) is 8.36. The Bertz CT molecular complexity index is 918. The standard InChI is InChI=1S/C19H16N2O7/c1-11(22)16(20-17(23)14-4-2-3-5-15(14)18(20)24)19(25)28-10-12-6-8-13(9-7-12)21(26)27/h2-9,11,16,22H,10H2,1H3/t11-,16+/m1/s1. The third kappa shape index (κ3) is 3.47. The van der Waals surface area contributed by atoms with Gasteiger partial charge in [-0.05, 0) is 36.8 Å². The molecule has 0 bridgehead atoms. The Kier molecular flexibility index (Phi) is 5.18. The van der Waals surface area contributed by atoms with Gasteiger partial charge >= 0.3 is 5.97 Å². The lowest BCUT2D eigenvalue weighted by Gasteiger charge is -2.26. The topological polar surface area (TPSA) is 127 Å². The van der Waals surface area contributed by atoms with Gasteiger partial charge in [0.2, 0.25) is 0 Å². The van der Waals surface area contributed by atoms with Gasteiger partial charge in [-0.25, -0.2) is 4.79 Å². The van der Waals surface area contributed by atoms with E-state index in [4.69, 9.17) is 4.74 Å². The first-order chi connectivity index (χ1) is 13.3. The second-order valence-electron chi connectivity index (χ2n) is 6.24. The highest BCUT2D eigenvalue weighted by molar-refractivity contribution is 6.22. The van der Waals surface area contributed by atoms with Crippen molar-refractivity contribution < 1.29 is 29.2 Å². The molecule has 28 heavy (non-hydrogen) atoms. The van der Waals surface area contributed by atoms with Crippen LogP contribution in [0.2, 0.25) is 0 Å². The molecule has 0 unspecified atom stereocenters. The van der Waals surface area contributed by atoms with Crippen molar-refractivity contribution in [2.24, 2.45) is 0 Å². The summed E-state index contributed by atoms with van der Waals surface area (Å²) in [6.45, 7) is 1.05. The normalized spacial score (nSPS) is 15.1. The molecule has 0 saturated heterocycles. The minimum absolute atomic E-state index is 0.108. The van der Waals surface area contributed by atoms with E-state index in [0.29, 0.717) is 10.5 Å². The molecule has 0 fully saturated rings. The smallest absolute Gasteiger partial charge is 0.332 e. The number of nitrogens with zero attached hydrogens (tertiary/aromatic N) is 2. The molecule has 1 aliphatic rings. The van der Waals surface area contributed by atoms with Crippen LogP contribution in [0.4, 0.5) is 5.69 Å². The van der Waals surface area contributed by atoms with E-state index in [1.54, 1.807) is 12.1 Å². The summed E-state index contributed by atoms with van der Waals surface area (Å²) in [6, 6.07) is 9.99. The summed E-state index contributed by atoms with van der Waals surface area (Å²) in [5.41, 5.74) is 0.677. The van der Waals surface area contributed by atoms with Gasteiger partial charge in [0.25, 0.3) is 17.5 Å². The van der Waals surface area contributed by atoms with Crippen LogP contribution in [0.3, 0.4) is 0 Å². The van der Waals surface area contributed by atoms with E-state index in [1.807, 2.05) is 0 Å². The first-order valence-electron chi connectivity index (χ1n) is 8.36. The van der Waals surface area contributed by atoms with Gasteiger partial charge in [-0.3, -0.25) is 24.6 Å². The van der Waals surface area contributed by atoms with Gasteiger partial charge in [-0.15, -0.1) is 0 Å². The molecule has 2 amide bonds. The lowest BCUT2D eigenvalue weighted by Crippen LogP contribution is -2.51. The third-order valence-corrected chi connectivity index (χ3v) is 4.33. The van der Waals surface area contributed by atoms with Crippen molar-refractivity contribution in [1.82, 2.24) is 4.90 Å². The predicted octanol–water partition coefficient (Wildman–Crippen LogP) is 1.68. The lowest BCUT2D eigenvalue weighted by molar-refractivity contribution is -0.384. The molecule has 0 spiro atoms. The zero-order valence-corrected chi connectivity index (χ0v) is 14.8. The van der Waals surface area contributed by atoms with Gasteiger partial charge < -0.3 is 9.84 Å². The van der Waals surface area contributed by atoms with Crippen LogP contribution >= 0.6 is 0 Å². The number of hydrogen-bond acceptors (Lipinski definition) is 7.